The van der Waals surface area contributed by atoms with E-state index in [4.69, 9.17) is 0 Å². The summed E-state index contributed by atoms with van der Waals surface area (Å²) in [5.41, 5.74) is 2.79. The van der Waals surface area contributed by atoms with Gasteiger partial charge in [-0.1, -0.05) is 13.0 Å². The smallest absolute Gasteiger partial charge is 0.125 e. The van der Waals surface area contributed by atoms with Gasteiger partial charge in [-0.15, -0.1) is 11.8 Å². The van der Waals surface area contributed by atoms with Crippen LogP contribution in [-0.2, 0) is 0 Å². The summed E-state index contributed by atoms with van der Waals surface area (Å²) < 4.78 is 13.4. The summed E-state index contributed by atoms with van der Waals surface area (Å²) in [6, 6.07) is 12.6. The minimum Gasteiger partial charge on any atom is -0.354 e. The zero-order valence-corrected chi connectivity index (χ0v) is 12.2. The first-order valence-corrected chi connectivity index (χ1v) is 7.32. The molecule has 2 aromatic rings. The third kappa shape index (κ3) is 3.31. The van der Waals surface area contributed by atoms with E-state index in [1.807, 2.05) is 38.1 Å². The van der Waals surface area contributed by atoms with Crippen molar-refractivity contribution in [1.82, 2.24) is 0 Å². The first-order chi connectivity index (χ1) is 9.63. The number of benzene rings is 2. The van der Waals surface area contributed by atoms with Gasteiger partial charge in [0.1, 0.15) is 11.9 Å². The fourth-order valence-electron chi connectivity index (χ4n) is 1.99. The number of nitrogens with one attached hydrogen (secondary N) is 1. The van der Waals surface area contributed by atoms with Gasteiger partial charge in [-0.05, 0) is 48.6 Å². The summed E-state index contributed by atoms with van der Waals surface area (Å²) in [5, 5.41) is 12.5. The molecular weight excluding hydrogens is 271 g/mol. The topological polar surface area (TPSA) is 35.8 Å². The van der Waals surface area contributed by atoms with Gasteiger partial charge in [-0.25, -0.2) is 4.39 Å². The number of rotatable bonds is 4. The van der Waals surface area contributed by atoms with Gasteiger partial charge >= 0.3 is 0 Å². The minimum absolute atomic E-state index is 0.287. The average Bonchev–Trinajstić information content (AvgIpc) is 2.38. The Morgan fingerprint density at radius 1 is 1.30 bits per heavy atom. The lowest BCUT2D eigenvalue weighted by Gasteiger charge is -2.11. The van der Waals surface area contributed by atoms with Gasteiger partial charge in [-0.3, -0.25) is 0 Å². The van der Waals surface area contributed by atoms with Crippen LogP contribution in [0.25, 0.3) is 0 Å². The number of thioether (sulfide) groups is 1. The zero-order chi connectivity index (χ0) is 14.5. The van der Waals surface area contributed by atoms with E-state index in [1.165, 1.54) is 12.1 Å². The van der Waals surface area contributed by atoms with E-state index in [0.717, 1.165) is 16.2 Å². The van der Waals surface area contributed by atoms with E-state index in [2.05, 4.69) is 11.4 Å². The number of nitrogens with zero attached hydrogens (tertiary/aromatic N) is 1. The SMILES string of the molecule is CCSc1cccc(Nc2cc(C)cc(F)c2)c1C#N. The molecule has 0 unspecified atom stereocenters. The number of hydrogen-bond donors (Lipinski definition) is 1. The van der Waals surface area contributed by atoms with Gasteiger partial charge in [0.25, 0.3) is 0 Å². The van der Waals surface area contributed by atoms with Crippen LogP contribution in [0.3, 0.4) is 0 Å². The molecule has 0 fully saturated rings. The van der Waals surface area contributed by atoms with Gasteiger partial charge < -0.3 is 5.32 Å². The molecule has 0 amide bonds. The van der Waals surface area contributed by atoms with Crippen molar-refractivity contribution >= 4 is 23.1 Å². The predicted molar refractivity (Wildman–Crippen MR) is 82.0 cm³/mol. The average molecular weight is 286 g/mol. The molecule has 0 spiro atoms. The summed E-state index contributed by atoms with van der Waals surface area (Å²) in [6.45, 7) is 3.88. The second-order valence-electron chi connectivity index (χ2n) is 4.37. The van der Waals surface area contributed by atoms with Crippen LogP contribution in [0.4, 0.5) is 15.8 Å². The Kier molecular flexibility index (Phi) is 4.65. The number of hydrogen-bond acceptors (Lipinski definition) is 3. The largest absolute Gasteiger partial charge is 0.354 e. The van der Waals surface area contributed by atoms with Crippen molar-refractivity contribution in [2.45, 2.75) is 18.7 Å². The molecule has 2 rings (SSSR count). The van der Waals surface area contributed by atoms with Crippen molar-refractivity contribution in [3.63, 3.8) is 0 Å². The Balaban J connectivity index is 2.38. The van der Waals surface area contributed by atoms with E-state index < -0.39 is 0 Å². The van der Waals surface area contributed by atoms with Crippen LogP contribution in [0, 0.1) is 24.1 Å². The summed E-state index contributed by atoms with van der Waals surface area (Å²) in [5.74, 6) is 0.613. The van der Waals surface area contributed by atoms with Crippen LogP contribution in [0.2, 0.25) is 0 Å². The molecule has 102 valence electrons. The molecule has 0 radical (unpaired) electrons. The van der Waals surface area contributed by atoms with Crippen molar-refractivity contribution in [2.75, 3.05) is 11.1 Å². The number of anilines is 2. The third-order valence-corrected chi connectivity index (χ3v) is 3.70. The van der Waals surface area contributed by atoms with Crippen molar-refractivity contribution < 1.29 is 4.39 Å². The Labute approximate surface area is 122 Å². The minimum atomic E-state index is -0.287. The maximum atomic E-state index is 13.4. The van der Waals surface area contributed by atoms with Crippen LogP contribution in [0.1, 0.15) is 18.1 Å². The van der Waals surface area contributed by atoms with Gasteiger partial charge in [0.15, 0.2) is 0 Å². The molecule has 1 N–H and O–H groups in total. The molecule has 4 heteroatoms. The van der Waals surface area contributed by atoms with Gasteiger partial charge in [0.2, 0.25) is 0 Å². The molecule has 0 aliphatic carbocycles. The second-order valence-corrected chi connectivity index (χ2v) is 5.67. The third-order valence-electron chi connectivity index (χ3n) is 2.76. The molecular formula is C16H15FN2S. The first-order valence-electron chi connectivity index (χ1n) is 6.34. The van der Waals surface area contributed by atoms with Crippen LogP contribution in [0.15, 0.2) is 41.3 Å². The summed E-state index contributed by atoms with van der Waals surface area (Å²) >= 11 is 1.62. The Morgan fingerprint density at radius 2 is 2.10 bits per heavy atom. The fourth-order valence-corrected chi connectivity index (χ4v) is 2.78. The van der Waals surface area contributed by atoms with Crippen LogP contribution in [-0.4, -0.2) is 5.75 Å². The molecule has 0 aliphatic rings. The lowest BCUT2D eigenvalue weighted by molar-refractivity contribution is 0.627. The summed E-state index contributed by atoms with van der Waals surface area (Å²) in [6.07, 6.45) is 0. The molecule has 0 heterocycles. The Hall–Kier alpha value is -1.99. The van der Waals surface area contributed by atoms with E-state index in [-0.39, 0.29) is 5.82 Å². The first kappa shape index (κ1) is 14.4. The highest BCUT2D eigenvalue weighted by atomic mass is 32.2. The standard InChI is InChI=1S/C16H15FN2S/c1-3-20-16-6-4-5-15(14(16)10-18)19-13-8-11(2)7-12(17)9-13/h4-9,19H,3H2,1-2H3. The molecule has 20 heavy (non-hydrogen) atoms. The number of nitriles is 1. The normalized spacial score (nSPS) is 10.1. The molecule has 0 saturated carbocycles. The fraction of sp³-hybridized carbons (Fsp3) is 0.188. The Bertz CT molecular complexity index is 642. The summed E-state index contributed by atoms with van der Waals surface area (Å²) in [7, 11) is 0. The van der Waals surface area contributed by atoms with Gasteiger partial charge in [0.05, 0.1) is 11.3 Å². The molecule has 2 aromatic carbocycles. The van der Waals surface area contributed by atoms with Crippen molar-refractivity contribution in [3.05, 3.63) is 53.3 Å². The molecule has 0 atom stereocenters. The highest BCUT2D eigenvalue weighted by molar-refractivity contribution is 7.99. The Morgan fingerprint density at radius 3 is 2.75 bits per heavy atom. The lowest BCUT2D eigenvalue weighted by Crippen LogP contribution is -1.96. The maximum absolute atomic E-state index is 13.4. The summed E-state index contributed by atoms with van der Waals surface area (Å²) in [4.78, 5) is 0.938. The number of aryl methyl sites for hydroxylation is 1. The van der Waals surface area contributed by atoms with E-state index >= 15 is 0 Å². The quantitative estimate of drug-likeness (QED) is 0.815. The van der Waals surface area contributed by atoms with Gasteiger partial charge in [-0.2, -0.15) is 5.26 Å². The van der Waals surface area contributed by atoms with Crippen LogP contribution in [0.5, 0.6) is 0 Å². The second kappa shape index (κ2) is 6.44. The van der Waals surface area contributed by atoms with Crippen molar-refractivity contribution in [1.29, 1.82) is 5.26 Å². The van der Waals surface area contributed by atoms with Crippen molar-refractivity contribution in [3.8, 4) is 6.07 Å². The highest BCUT2D eigenvalue weighted by Gasteiger charge is 2.08. The lowest BCUT2D eigenvalue weighted by atomic mass is 10.1. The monoisotopic (exact) mass is 286 g/mol. The molecule has 0 bridgehead atoms. The van der Waals surface area contributed by atoms with E-state index in [1.54, 1.807) is 11.8 Å². The zero-order valence-electron chi connectivity index (χ0n) is 11.4. The molecule has 0 aliphatic heterocycles. The van der Waals surface area contributed by atoms with Crippen LogP contribution < -0.4 is 5.32 Å². The van der Waals surface area contributed by atoms with Gasteiger partial charge in [0, 0.05) is 10.6 Å². The van der Waals surface area contributed by atoms with E-state index in [9.17, 15) is 9.65 Å². The molecule has 2 nitrogen and oxygen atoms in total. The number of halogens is 1. The molecule has 0 saturated heterocycles. The predicted octanol–water partition coefficient (Wildman–Crippen LogP) is 4.86. The van der Waals surface area contributed by atoms with Crippen molar-refractivity contribution in [2.24, 2.45) is 0 Å². The highest BCUT2D eigenvalue weighted by Crippen LogP contribution is 2.30. The van der Waals surface area contributed by atoms with Crippen LogP contribution >= 0.6 is 11.8 Å². The molecule has 0 aromatic heterocycles. The maximum Gasteiger partial charge on any atom is 0.125 e. The van der Waals surface area contributed by atoms with E-state index in [0.29, 0.717) is 16.9 Å².